The molecule has 0 aliphatic rings. The summed E-state index contributed by atoms with van der Waals surface area (Å²) in [6, 6.07) is 3.67. The minimum atomic E-state index is -0.0638. The van der Waals surface area contributed by atoms with Crippen LogP contribution in [0.2, 0.25) is 0 Å². The second kappa shape index (κ2) is 6.80. The van der Waals surface area contributed by atoms with Gasteiger partial charge in [0, 0.05) is 30.5 Å². The first-order valence-corrected chi connectivity index (χ1v) is 7.96. The number of hydrogen-bond acceptors (Lipinski definition) is 4. The predicted molar refractivity (Wildman–Crippen MR) is 87.7 cm³/mol. The van der Waals surface area contributed by atoms with Crippen molar-refractivity contribution in [2.45, 2.75) is 6.92 Å². The average molecular weight is 300 g/mol. The summed E-state index contributed by atoms with van der Waals surface area (Å²) < 4.78 is 1.57. The molecule has 0 aliphatic carbocycles. The maximum absolute atomic E-state index is 12.3. The summed E-state index contributed by atoms with van der Waals surface area (Å²) in [5.74, 6) is 0.743. The highest BCUT2D eigenvalue weighted by atomic mass is 32.2. The number of anilines is 1. The molecule has 0 aromatic carbocycles. The van der Waals surface area contributed by atoms with Crippen LogP contribution in [0.1, 0.15) is 6.92 Å². The van der Waals surface area contributed by atoms with Crippen LogP contribution in [0, 0.1) is 5.92 Å². The largest absolute Gasteiger partial charge is 0.313 e. The van der Waals surface area contributed by atoms with Crippen molar-refractivity contribution in [1.29, 1.82) is 0 Å². The van der Waals surface area contributed by atoms with Gasteiger partial charge in [0.1, 0.15) is 7.85 Å². The molecule has 0 saturated carbocycles. The predicted octanol–water partition coefficient (Wildman–Crippen LogP) is 1.02. The van der Waals surface area contributed by atoms with Gasteiger partial charge in [0.2, 0.25) is 5.91 Å². The number of rotatable bonds is 5. The van der Waals surface area contributed by atoms with E-state index in [1.807, 2.05) is 25.3 Å². The number of carbonyl (C=O) groups excluding carboxylic acids is 1. The molecule has 0 saturated heterocycles. The van der Waals surface area contributed by atoms with E-state index in [0.717, 1.165) is 11.4 Å². The van der Waals surface area contributed by atoms with Gasteiger partial charge in [0.15, 0.2) is 0 Å². The van der Waals surface area contributed by atoms with E-state index in [1.165, 1.54) is 0 Å². The Balaban J connectivity index is 2.26. The molecule has 1 atom stereocenters. The highest BCUT2D eigenvalue weighted by Crippen LogP contribution is 2.15. The third-order valence-corrected chi connectivity index (χ3v) is 4.04. The lowest BCUT2D eigenvalue weighted by molar-refractivity contribution is -0.120. The molecule has 2 aromatic heterocycles. The summed E-state index contributed by atoms with van der Waals surface area (Å²) in [4.78, 5) is 17.9. The number of amides is 1. The van der Waals surface area contributed by atoms with Crippen LogP contribution in [-0.2, 0) is 4.79 Å². The fourth-order valence-electron chi connectivity index (χ4n) is 2.06. The summed E-state index contributed by atoms with van der Waals surface area (Å²) in [5.41, 5.74) is 1.80. The van der Waals surface area contributed by atoms with Gasteiger partial charge in [-0.15, -0.1) is 0 Å². The Kier molecular flexibility index (Phi) is 5.06. The third-order valence-electron chi connectivity index (χ3n) is 3.21. The first-order valence-electron chi connectivity index (χ1n) is 6.56. The second-order valence-electron chi connectivity index (χ2n) is 4.79. The molecule has 7 heteroatoms. The van der Waals surface area contributed by atoms with E-state index in [0.29, 0.717) is 11.3 Å². The average Bonchev–Trinajstić information content (AvgIpc) is 2.88. The van der Waals surface area contributed by atoms with Gasteiger partial charge in [0.05, 0.1) is 23.8 Å². The fourth-order valence-corrected chi connectivity index (χ4v) is 2.71. The van der Waals surface area contributed by atoms with Gasteiger partial charge in [-0.25, -0.2) is 4.68 Å². The van der Waals surface area contributed by atoms with Crippen molar-refractivity contribution in [2.24, 2.45) is 5.92 Å². The Morgan fingerprint density at radius 2 is 2.29 bits per heavy atom. The summed E-state index contributed by atoms with van der Waals surface area (Å²) in [7, 11) is 7.84. The summed E-state index contributed by atoms with van der Waals surface area (Å²) >= 11 is 1.65. The van der Waals surface area contributed by atoms with Crippen LogP contribution in [0.4, 0.5) is 5.69 Å². The minimum Gasteiger partial charge on any atom is -0.313 e. The van der Waals surface area contributed by atoms with E-state index < -0.39 is 0 Å². The number of thioether (sulfide) groups is 1. The number of nitrogens with zero attached hydrogens (tertiary/aromatic N) is 4. The van der Waals surface area contributed by atoms with Crippen molar-refractivity contribution < 1.29 is 4.79 Å². The zero-order valence-corrected chi connectivity index (χ0v) is 13.2. The lowest BCUT2D eigenvalue weighted by Gasteiger charge is -2.21. The Morgan fingerprint density at radius 1 is 1.52 bits per heavy atom. The topological polar surface area (TPSA) is 51.0 Å². The Bertz CT molecular complexity index is 617. The second-order valence-corrected chi connectivity index (χ2v) is 5.70. The zero-order chi connectivity index (χ0) is 15.4. The Hall–Kier alpha value is -1.76. The number of aromatic nitrogens is 3. The van der Waals surface area contributed by atoms with Crippen LogP contribution in [0.25, 0.3) is 5.69 Å². The van der Waals surface area contributed by atoms with Crippen molar-refractivity contribution in [2.75, 3.05) is 24.0 Å². The van der Waals surface area contributed by atoms with Gasteiger partial charge in [-0.1, -0.05) is 6.92 Å². The van der Waals surface area contributed by atoms with Crippen LogP contribution in [0.3, 0.4) is 0 Å². The molecule has 2 heterocycles. The van der Waals surface area contributed by atoms with Gasteiger partial charge in [-0.3, -0.25) is 9.78 Å². The quantitative estimate of drug-likeness (QED) is 0.774. The lowest BCUT2D eigenvalue weighted by Crippen LogP contribution is -2.36. The lowest BCUT2D eigenvalue weighted by atomic mass is 10.0. The first kappa shape index (κ1) is 15.6. The van der Waals surface area contributed by atoms with E-state index in [4.69, 9.17) is 7.85 Å². The molecule has 5 nitrogen and oxygen atoms in total. The van der Waals surface area contributed by atoms with Crippen molar-refractivity contribution in [3.05, 3.63) is 30.7 Å². The van der Waals surface area contributed by atoms with E-state index in [2.05, 4.69) is 10.1 Å². The number of carbonyl (C=O) groups is 1. The first-order chi connectivity index (χ1) is 10.1. The van der Waals surface area contributed by atoms with Crippen LogP contribution in [-0.4, -0.2) is 47.6 Å². The van der Waals surface area contributed by atoms with Gasteiger partial charge < -0.3 is 4.90 Å². The highest BCUT2D eigenvalue weighted by molar-refractivity contribution is 7.98. The van der Waals surface area contributed by atoms with E-state index in [1.54, 1.807) is 47.0 Å². The smallest absolute Gasteiger partial charge is 0.230 e. The molecule has 0 N–H and O–H groups in total. The molecule has 0 bridgehead atoms. The van der Waals surface area contributed by atoms with Crippen molar-refractivity contribution in [3.8, 4) is 5.69 Å². The maximum atomic E-state index is 12.3. The van der Waals surface area contributed by atoms with Gasteiger partial charge in [-0.2, -0.15) is 16.9 Å². The number of hydrogen-bond donors (Lipinski definition) is 0. The molecular formula is C14H17BN4OS. The van der Waals surface area contributed by atoms with E-state index >= 15 is 0 Å². The molecule has 0 aliphatic heterocycles. The van der Waals surface area contributed by atoms with Crippen LogP contribution in [0.15, 0.2) is 30.7 Å². The molecule has 2 aromatic rings. The fraction of sp³-hybridized carbons (Fsp3) is 0.357. The van der Waals surface area contributed by atoms with E-state index in [-0.39, 0.29) is 11.8 Å². The standard InChI is InChI=1S/C14H17BN4OS/c1-10(9-21-3)14(20)18(2)12-8-17-19(13(12)15)11-5-4-6-16-7-11/h4-8,10H,9H2,1-3H3. The molecule has 1 amide bonds. The van der Waals surface area contributed by atoms with Gasteiger partial charge >= 0.3 is 0 Å². The van der Waals surface area contributed by atoms with Crippen LogP contribution in [0.5, 0.6) is 0 Å². The van der Waals surface area contributed by atoms with E-state index in [9.17, 15) is 4.79 Å². The third kappa shape index (κ3) is 3.29. The monoisotopic (exact) mass is 300 g/mol. The summed E-state index contributed by atoms with van der Waals surface area (Å²) in [5, 5.41) is 4.25. The van der Waals surface area contributed by atoms with Crippen LogP contribution < -0.4 is 10.5 Å². The Labute approximate surface area is 130 Å². The number of pyridine rings is 1. The summed E-state index contributed by atoms with van der Waals surface area (Å²) in [6.07, 6.45) is 6.94. The molecule has 2 rings (SSSR count). The van der Waals surface area contributed by atoms with Gasteiger partial charge in [-0.05, 0) is 18.4 Å². The normalized spacial score (nSPS) is 12.1. The molecule has 21 heavy (non-hydrogen) atoms. The van der Waals surface area contributed by atoms with Crippen molar-refractivity contribution >= 4 is 36.8 Å². The molecule has 0 fully saturated rings. The van der Waals surface area contributed by atoms with Gasteiger partial charge in [0.25, 0.3) is 0 Å². The molecular weight excluding hydrogens is 283 g/mol. The van der Waals surface area contributed by atoms with Crippen molar-refractivity contribution in [3.63, 3.8) is 0 Å². The summed E-state index contributed by atoms with van der Waals surface area (Å²) in [6.45, 7) is 1.91. The molecule has 1 unspecified atom stereocenters. The van der Waals surface area contributed by atoms with Crippen molar-refractivity contribution in [1.82, 2.24) is 14.8 Å². The molecule has 108 valence electrons. The molecule has 0 spiro atoms. The Morgan fingerprint density at radius 3 is 2.90 bits per heavy atom. The minimum absolute atomic E-state index is 0.0294. The highest BCUT2D eigenvalue weighted by Gasteiger charge is 2.21. The van der Waals surface area contributed by atoms with Crippen LogP contribution >= 0.6 is 11.8 Å². The maximum Gasteiger partial charge on any atom is 0.230 e. The zero-order valence-electron chi connectivity index (χ0n) is 12.4. The SMILES string of the molecule is [B]c1c(N(C)C(=O)C(C)CSC)cnn1-c1cccnc1. The molecule has 2 radical (unpaired) electrons.